The van der Waals surface area contributed by atoms with Crippen LogP contribution in [0.5, 0.6) is 0 Å². The van der Waals surface area contributed by atoms with Crippen LogP contribution in [-0.4, -0.2) is 11.7 Å². The van der Waals surface area contributed by atoms with Crippen molar-refractivity contribution in [2.45, 2.75) is 6.42 Å². The molecular formula is C6H7O+. The minimum absolute atomic E-state index is 0.120. The Morgan fingerprint density at radius 2 is 2.43 bits per heavy atom. The van der Waals surface area contributed by atoms with Crippen molar-refractivity contribution >= 4 is 0 Å². The molecule has 0 bridgehead atoms. The zero-order valence-corrected chi connectivity index (χ0v) is 4.07. The molecule has 0 amide bonds. The van der Waals surface area contributed by atoms with Gasteiger partial charge in [-0.3, -0.25) is 0 Å². The molecule has 0 heterocycles. The van der Waals surface area contributed by atoms with E-state index in [9.17, 15) is 0 Å². The molecule has 0 saturated carbocycles. The van der Waals surface area contributed by atoms with Crippen molar-refractivity contribution in [1.29, 1.82) is 0 Å². The van der Waals surface area contributed by atoms with Crippen LogP contribution in [0.1, 0.15) is 6.42 Å². The van der Waals surface area contributed by atoms with Crippen LogP contribution in [-0.2, 0) is 0 Å². The average Bonchev–Trinajstić information content (AvgIpc) is 1.69. The van der Waals surface area contributed by atoms with E-state index in [1.165, 1.54) is 0 Å². The van der Waals surface area contributed by atoms with Crippen LogP contribution in [0, 0.1) is 6.08 Å². The second-order valence-electron chi connectivity index (χ2n) is 0.952. The van der Waals surface area contributed by atoms with Gasteiger partial charge in [0.1, 0.15) is 12.5 Å². The largest absolute Gasteiger partial charge is 0.393 e. The van der Waals surface area contributed by atoms with Crippen LogP contribution < -0.4 is 0 Å². The number of hydrogen-bond acceptors (Lipinski definition) is 1. The molecule has 0 radical (unpaired) electrons. The van der Waals surface area contributed by atoms with Gasteiger partial charge in [0.25, 0.3) is 0 Å². The van der Waals surface area contributed by atoms with E-state index < -0.39 is 0 Å². The molecule has 0 unspecified atom stereocenters. The molecule has 0 rings (SSSR count). The standard InChI is InChI=1S/C6H7O/c1-2-3-4-5-6-7/h7H,1,5-6H2/q+1. The van der Waals surface area contributed by atoms with Crippen LogP contribution >= 0.6 is 0 Å². The van der Waals surface area contributed by atoms with Gasteiger partial charge in [-0.15, -0.1) is 0 Å². The predicted octanol–water partition coefficient (Wildman–Crippen LogP) is 0.668. The summed E-state index contributed by atoms with van der Waals surface area (Å²) in [5.41, 5.74) is 4.86. The van der Waals surface area contributed by atoms with Gasteiger partial charge in [-0.2, -0.15) is 0 Å². The third kappa shape index (κ3) is 5.17. The number of rotatable bonds is 2. The molecule has 7 heavy (non-hydrogen) atoms. The molecule has 0 aliphatic heterocycles. The van der Waals surface area contributed by atoms with Gasteiger partial charge in [-0.1, -0.05) is 0 Å². The Bertz CT molecular complexity index is 103. The lowest BCUT2D eigenvalue weighted by molar-refractivity contribution is 0.301. The molecular weight excluding hydrogens is 88.1 g/mol. The van der Waals surface area contributed by atoms with Crippen LogP contribution in [0.25, 0.3) is 0 Å². The Morgan fingerprint density at radius 1 is 1.71 bits per heavy atom. The minimum Gasteiger partial charge on any atom is -0.393 e. The van der Waals surface area contributed by atoms with Crippen molar-refractivity contribution in [3.63, 3.8) is 0 Å². The summed E-state index contributed by atoms with van der Waals surface area (Å²) in [5.74, 6) is 0. The van der Waals surface area contributed by atoms with E-state index in [0.717, 1.165) is 0 Å². The highest BCUT2D eigenvalue weighted by atomic mass is 16.2. The molecule has 36 valence electrons. The third-order valence-corrected chi connectivity index (χ3v) is 0.414. The SMILES string of the molecule is C=C=C=[C+]CCO. The molecule has 1 nitrogen and oxygen atoms in total. The Balaban J connectivity index is 3.28. The van der Waals surface area contributed by atoms with Gasteiger partial charge >= 0.3 is 0 Å². The first-order valence-electron chi connectivity index (χ1n) is 2.02. The number of hydrogen-bond donors (Lipinski definition) is 1. The Hall–Kier alpha value is -0.830. The first-order chi connectivity index (χ1) is 3.41. The third-order valence-electron chi connectivity index (χ3n) is 0.414. The van der Waals surface area contributed by atoms with Crippen LogP contribution in [0.2, 0.25) is 0 Å². The number of aliphatic hydroxyl groups excluding tert-OH is 1. The smallest absolute Gasteiger partial charge is 0.215 e. The average molecular weight is 95.1 g/mol. The fraction of sp³-hybridized carbons (Fsp3) is 0.333. The van der Waals surface area contributed by atoms with Crippen LogP contribution in [0.4, 0.5) is 0 Å². The molecule has 0 aromatic heterocycles. The highest BCUT2D eigenvalue weighted by molar-refractivity contribution is 4.72. The van der Waals surface area contributed by atoms with Crippen molar-refractivity contribution in [2.75, 3.05) is 6.61 Å². The second kappa shape index (κ2) is 5.17. The summed E-state index contributed by atoms with van der Waals surface area (Å²) in [4.78, 5) is 0. The lowest BCUT2D eigenvalue weighted by Crippen LogP contribution is -1.73. The topological polar surface area (TPSA) is 20.2 Å². The summed E-state index contributed by atoms with van der Waals surface area (Å²) >= 11 is 0. The van der Waals surface area contributed by atoms with Crippen molar-refractivity contribution in [2.24, 2.45) is 0 Å². The van der Waals surface area contributed by atoms with Gasteiger partial charge in [0.15, 0.2) is 5.73 Å². The Morgan fingerprint density at radius 3 is 2.86 bits per heavy atom. The van der Waals surface area contributed by atoms with Gasteiger partial charge in [0.05, 0.1) is 13.2 Å². The minimum atomic E-state index is 0.120. The molecule has 0 fully saturated rings. The quantitative estimate of drug-likeness (QED) is 0.394. The molecule has 0 atom stereocenters. The Labute approximate surface area is 43.3 Å². The van der Waals surface area contributed by atoms with Gasteiger partial charge in [-0.25, -0.2) is 0 Å². The van der Waals surface area contributed by atoms with E-state index in [-0.39, 0.29) is 6.61 Å². The maximum absolute atomic E-state index is 8.14. The van der Waals surface area contributed by atoms with Crippen molar-refractivity contribution < 1.29 is 5.11 Å². The van der Waals surface area contributed by atoms with Crippen molar-refractivity contribution in [1.82, 2.24) is 0 Å². The van der Waals surface area contributed by atoms with Gasteiger partial charge in [0, 0.05) is 0 Å². The molecule has 0 aliphatic carbocycles. The monoisotopic (exact) mass is 95.0 g/mol. The normalized spacial score (nSPS) is 5.86. The fourth-order valence-corrected chi connectivity index (χ4v) is 0.181. The lowest BCUT2D eigenvalue weighted by Gasteiger charge is -1.65. The van der Waals surface area contributed by atoms with E-state index in [1.54, 1.807) is 0 Å². The first-order valence-corrected chi connectivity index (χ1v) is 2.02. The second-order valence-corrected chi connectivity index (χ2v) is 0.952. The summed E-state index contributed by atoms with van der Waals surface area (Å²) in [6, 6.07) is 0. The summed E-state index contributed by atoms with van der Waals surface area (Å²) in [6.45, 7) is 3.37. The fourth-order valence-electron chi connectivity index (χ4n) is 0.181. The molecule has 1 heteroatoms. The van der Waals surface area contributed by atoms with Crippen molar-refractivity contribution in [3.8, 4) is 0 Å². The van der Waals surface area contributed by atoms with Crippen LogP contribution in [0.15, 0.2) is 18.0 Å². The van der Waals surface area contributed by atoms with Gasteiger partial charge < -0.3 is 5.11 Å². The predicted molar refractivity (Wildman–Crippen MR) is 27.6 cm³/mol. The van der Waals surface area contributed by atoms with E-state index in [1.807, 2.05) is 0 Å². The highest BCUT2D eigenvalue weighted by Crippen LogP contribution is 1.71. The molecule has 0 aromatic rings. The summed E-state index contributed by atoms with van der Waals surface area (Å²) in [7, 11) is 0. The van der Waals surface area contributed by atoms with E-state index in [2.05, 4.69) is 24.1 Å². The van der Waals surface area contributed by atoms with E-state index in [4.69, 9.17) is 5.11 Å². The zero-order valence-electron chi connectivity index (χ0n) is 4.07. The van der Waals surface area contributed by atoms with E-state index in [0.29, 0.717) is 6.42 Å². The molecule has 0 aliphatic rings. The molecule has 1 N–H and O–H groups in total. The summed E-state index contributed by atoms with van der Waals surface area (Å²) in [6.07, 6.45) is 3.13. The first kappa shape index (κ1) is 6.17. The number of aliphatic hydroxyl groups is 1. The highest BCUT2D eigenvalue weighted by Gasteiger charge is 1.77. The zero-order chi connectivity index (χ0) is 5.54. The van der Waals surface area contributed by atoms with Crippen molar-refractivity contribution in [3.05, 3.63) is 24.1 Å². The molecule has 0 aromatic carbocycles. The Kier molecular flexibility index (Phi) is 4.56. The summed E-state index contributed by atoms with van der Waals surface area (Å²) in [5, 5.41) is 8.14. The summed E-state index contributed by atoms with van der Waals surface area (Å²) < 4.78 is 0. The molecule has 0 saturated heterocycles. The van der Waals surface area contributed by atoms with E-state index >= 15 is 0 Å². The maximum atomic E-state index is 8.14. The van der Waals surface area contributed by atoms with Gasteiger partial charge in [0.2, 0.25) is 5.73 Å². The van der Waals surface area contributed by atoms with Crippen LogP contribution in [0.3, 0.4) is 0 Å². The maximum Gasteiger partial charge on any atom is 0.215 e. The lowest BCUT2D eigenvalue weighted by atomic mass is 10.4. The van der Waals surface area contributed by atoms with Gasteiger partial charge in [-0.05, 0) is 0 Å². The molecule has 0 spiro atoms.